The van der Waals surface area contributed by atoms with Crippen LogP contribution < -0.4 is 0 Å². The van der Waals surface area contributed by atoms with Gasteiger partial charge in [0.15, 0.2) is 0 Å². The second kappa shape index (κ2) is 10.2. The Bertz CT molecular complexity index is 564. The van der Waals surface area contributed by atoms with Gasteiger partial charge in [0, 0.05) is 21.0 Å². The van der Waals surface area contributed by atoms with Gasteiger partial charge >= 0.3 is 0 Å². The molecule has 2 aromatic rings. The van der Waals surface area contributed by atoms with Crippen molar-refractivity contribution in [2.45, 2.75) is 45.1 Å². The zero-order valence-corrected chi connectivity index (χ0v) is 16.0. The van der Waals surface area contributed by atoms with Crippen molar-refractivity contribution < 1.29 is 0 Å². The van der Waals surface area contributed by atoms with Gasteiger partial charge in [-0.2, -0.15) is 0 Å². The maximum absolute atomic E-state index is 6.37. The Kier molecular flexibility index (Phi) is 9.00. The largest absolute Gasteiger partial charge is 0.149 e. The van der Waals surface area contributed by atoms with E-state index < -0.39 is 0 Å². The molecule has 0 nitrogen and oxygen atoms in total. The highest BCUT2D eigenvalue weighted by atomic mass is 35.5. The molecule has 22 heavy (non-hydrogen) atoms. The van der Waals surface area contributed by atoms with E-state index in [0.29, 0.717) is 5.25 Å². The molecule has 0 N–H and O–H groups in total. The quantitative estimate of drug-likeness (QED) is 0.529. The predicted octanol–water partition coefficient (Wildman–Crippen LogP) is 7.71. The molecule has 120 valence electrons. The van der Waals surface area contributed by atoms with Crippen LogP contribution in [0.3, 0.4) is 0 Å². The summed E-state index contributed by atoms with van der Waals surface area (Å²) in [6.45, 7) is 8.27. The van der Waals surface area contributed by atoms with Crippen LogP contribution in [-0.2, 0) is 5.75 Å². The van der Waals surface area contributed by atoms with Crippen LogP contribution in [-0.4, -0.2) is 0 Å². The Morgan fingerprint density at radius 2 is 1.64 bits per heavy atom. The number of hydrogen-bond acceptors (Lipinski definition) is 1. The lowest BCUT2D eigenvalue weighted by molar-refractivity contribution is 0.894. The van der Waals surface area contributed by atoms with Crippen LogP contribution in [0.15, 0.2) is 42.5 Å². The standard InChI is InChI=1S/C17H18Cl2S.C2H6/c1-3-17(15-9-4-12(2)10-16(15)19)20-11-13-5-7-14(18)8-6-13;1-2/h4-10,17H,3,11H2,1-2H3;1-2H3. The van der Waals surface area contributed by atoms with Gasteiger partial charge < -0.3 is 0 Å². The summed E-state index contributed by atoms with van der Waals surface area (Å²) in [5.74, 6) is 0.972. The van der Waals surface area contributed by atoms with Crippen LogP contribution in [0.4, 0.5) is 0 Å². The summed E-state index contributed by atoms with van der Waals surface area (Å²) in [7, 11) is 0. The highest BCUT2D eigenvalue weighted by Gasteiger charge is 2.13. The molecule has 2 rings (SSSR count). The van der Waals surface area contributed by atoms with E-state index in [4.69, 9.17) is 23.2 Å². The molecule has 0 bridgehead atoms. The molecule has 1 unspecified atom stereocenters. The topological polar surface area (TPSA) is 0 Å². The van der Waals surface area contributed by atoms with Gasteiger partial charge in [-0.25, -0.2) is 0 Å². The van der Waals surface area contributed by atoms with E-state index in [2.05, 4.69) is 38.1 Å². The summed E-state index contributed by atoms with van der Waals surface area (Å²) >= 11 is 14.2. The van der Waals surface area contributed by atoms with Gasteiger partial charge in [0.1, 0.15) is 0 Å². The van der Waals surface area contributed by atoms with Crippen LogP contribution in [0.1, 0.15) is 49.1 Å². The molecule has 0 radical (unpaired) electrons. The average molecular weight is 355 g/mol. The summed E-state index contributed by atoms with van der Waals surface area (Å²) in [6, 6.07) is 14.4. The van der Waals surface area contributed by atoms with Crippen LogP contribution in [0.25, 0.3) is 0 Å². The first-order valence-corrected chi connectivity index (χ1v) is 9.52. The Hall–Kier alpha value is -0.630. The van der Waals surface area contributed by atoms with Crippen molar-refractivity contribution in [3.63, 3.8) is 0 Å². The smallest absolute Gasteiger partial charge is 0.0451 e. The second-order valence-electron chi connectivity index (χ2n) is 4.86. The van der Waals surface area contributed by atoms with Crippen molar-refractivity contribution in [1.29, 1.82) is 0 Å². The van der Waals surface area contributed by atoms with E-state index in [1.54, 1.807) is 0 Å². The van der Waals surface area contributed by atoms with Crippen molar-refractivity contribution in [1.82, 2.24) is 0 Å². The average Bonchev–Trinajstić information content (AvgIpc) is 2.53. The van der Waals surface area contributed by atoms with E-state index in [-0.39, 0.29) is 0 Å². The fourth-order valence-electron chi connectivity index (χ4n) is 2.10. The Labute approximate surface area is 149 Å². The minimum atomic E-state index is 0.429. The number of halogens is 2. The van der Waals surface area contributed by atoms with E-state index in [0.717, 1.165) is 22.2 Å². The summed E-state index contributed by atoms with van der Waals surface area (Å²) in [6.07, 6.45) is 1.07. The molecule has 0 saturated heterocycles. The highest BCUT2D eigenvalue weighted by molar-refractivity contribution is 7.98. The normalized spacial score (nSPS) is 11.5. The molecule has 0 heterocycles. The van der Waals surface area contributed by atoms with Crippen LogP contribution in [0.5, 0.6) is 0 Å². The zero-order valence-electron chi connectivity index (χ0n) is 13.7. The van der Waals surface area contributed by atoms with Crippen molar-refractivity contribution in [3.8, 4) is 0 Å². The minimum Gasteiger partial charge on any atom is -0.149 e. The fourth-order valence-corrected chi connectivity index (χ4v) is 3.86. The van der Waals surface area contributed by atoms with Gasteiger partial charge in [-0.3, -0.25) is 0 Å². The molecule has 0 amide bonds. The molecule has 1 atom stereocenters. The Morgan fingerprint density at radius 1 is 1.00 bits per heavy atom. The van der Waals surface area contributed by atoms with Crippen LogP contribution >= 0.6 is 35.0 Å². The van der Waals surface area contributed by atoms with E-state index >= 15 is 0 Å². The molecule has 0 saturated carbocycles. The maximum atomic E-state index is 6.37. The fraction of sp³-hybridized carbons (Fsp3) is 0.368. The van der Waals surface area contributed by atoms with Gasteiger partial charge in [0.25, 0.3) is 0 Å². The second-order valence-corrected chi connectivity index (χ2v) is 6.89. The van der Waals surface area contributed by atoms with Gasteiger partial charge in [0.2, 0.25) is 0 Å². The van der Waals surface area contributed by atoms with Gasteiger partial charge in [0.05, 0.1) is 0 Å². The Morgan fingerprint density at radius 3 is 2.18 bits per heavy atom. The van der Waals surface area contributed by atoms with Crippen molar-refractivity contribution in [2.75, 3.05) is 0 Å². The number of aryl methyl sites for hydroxylation is 1. The monoisotopic (exact) mass is 354 g/mol. The lowest BCUT2D eigenvalue weighted by atomic mass is 10.1. The maximum Gasteiger partial charge on any atom is 0.0451 e. The lowest BCUT2D eigenvalue weighted by Gasteiger charge is -2.17. The molecule has 0 spiro atoms. The van der Waals surface area contributed by atoms with Crippen molar-refractivity contribution >= 4 is 35.0 Å². The van der Waals surface area contributed by atoms with Gasteiger partial charge in [-0.05, 0) is 48.2 Å². The summed E-state index contributed by atoms with van der Waals surface area (Å²) in [5.41, 5.74) is 3.73. The predicted molar refractivity (Wildman–Crippen MR) is 103 cm³/mol. The lowest BCUT2D eigenvalue weighted by Crippen LogP contribution is -1.95. The molecular weight excluding hydrogens is 331 g/mol. The van der Waals surface area contributed by atoms with E-state index in [1.807, 2.05) is 43.8 Å². The molecule has 0 aliphatic rings. The van der Waals surface area contributed by atoms with E-state index in [9.17, 15) is 0 Å². The molecule has 0 aliphatic carbocycles. The molecular formula is C19H24Cl2S. The zero-order chi connectivity index (χ0) is 16.5. The van der Waals surface area contributed by atoms with Gasteiger partial charge in [-0.15, -0.1) is 11.8 Å². The summed E-state index contributed by atoms with van der Waals surface area (Å²) < 4.78 is 0. The third-order valence-electron chi connectivity index (χ3n) is 3.24. The van der Waals surface area contributed by atoms with Gasteiger partial charge in [-0.1, -0.05) is 68.2 Å². The number of benzene rings is 2. The molecule has 0 aromatic heterocycles. The molecule has 0 aliphatic heterocycles. The van der Waals surface area contributed by atoms with Crippen molar-refractivity contribution in [3.05, 3.63) is 69.2 Å². The van der Waals surface area contributed by atoms with Crippen LogP contribution in [0.2, 0.25) is 10.0 Å². The summed E-state index contributed by atoms with van der Waals surface area (Å²) in [5, 5.41) is 2.09. The Balaban J connectivity index is 0.00000116. The third-order valence-corrected chi connectivity index (χ3v) is 5.31. The van der Waals surface area contributed by atoms with Crippen LogP contribution in [0, 0.1) is 6.92 Å². The first-order valence-electron chi connectivity index (χ1n) is 7.72. The molecule has 0 fully saturated rings. The molecule has 3 heteroatoms. The SMILES string of the molecule is CC.CCC(SCc1ccc(Cl)cc1)c1ccc(C)cc1Cl. The number of rotatable bonds is 5. The number of thioether (sulfide) groups is 1. The third kappa shape index (κ3) is 5.87. The minimum absolute atomic E-state index is 0.429. The summed E-state index contributed by atoms with van der Waals surface area (Å²) in [4.78, 5) is 0. The first-order chi connectivity index (χ1) is 10.6. The van der Waals surface area contributed by atoms with E-state index in [1.165, 1.54) is 16.7 Å². The molecule has 2 aromatic carbocycles. The first kappa shape index (κ1) is 19.4. The van der Waals surface area contributed by atoms with Crippen molar-refractivity contribution in [2.24, 2.45) is 0 Å². The number of hydrogen-bond donors (Lipinski definition) is 0. The highest BCUT2D eigenvalue weighted by Crippen LogP contribution is 2.38.